The predicted octanol–water partition coefficient (Wildman–Crippen LogP) is 6.50. The van der Waals surface area contributed by atoms with Crippen molar-refractivity contribution in [2.24, 2.45) is 0 Å². The first kappa shape index (κ1) is 20.4. The largest absolute Gasteiger partial charge is 0.494 e. The number of aromatic nitrogens is 1. The number of ether oxygens (including phenoxy) is 1. The summed E-state index contributed by atoms with van der Waals surface area (Å²) in [6.07, 6.45) is 0. The fourth-order valence-electron chi connectivity index (χ4n) is 3.27. The molecule has 0 aliphatic rings. The maximum Gasteiger partial charge on any atom is 0.260 e. The molecule has 0 aliphatic heterocycles. The summed E-state index contributed by atoms with van der Waals surface area (Å²) in [5, 5.41) is 1.32. The molecule has 0 bridgehead atoms. The number of hydrogen-bond donors (Lipinski definition) is 0. The van der Waals surface area contributed by atoms with Crippen LogP contribution in [0.25, 0.3) is 10.2 Å². The zero-order valence-electron chi connectivity index (χ0n) is 16.8. The standard InChI is InChI=1S/C24H21ClN2O2S/c1-3-29-20-11-9-18(10-12-20)23(28)27(15-17-7-5-4-6-8-17)24-26-22-16(2)13-19(25)14-21(22)30-24/h4-14H,3,15H2,1-2H3. The minimum absolute atomic E-state index is 0.107. The Morgan fingerprint density at radius 2 is 1.83 bits per heavy atom. The molecule has 0 radical (unpaired) electrons. The molecular formula is C24H21ClN2O2S. The minimum Gasteiger partial charge on any atom is -0.494 e. The van der Waals surface area contributed by atoms with E-state index in [4.69, 9.17) is 21.3 Å². The van der Waals surface area contributed by atoms with Crippen molar-refractivity contribution in [3.05, 3.63) is 88.4 Å². The lowest BCUT2D eigenvalue weighted by molar-refractivity contribution is 0.0985. The van der Waals surface area contributed by atoms with E-state index in [1.165, 1.54) is 11.3 Å². The molecular weight excluding hydrogens is 416 g/mol. The first-order chi connectivity index (χ1) is 14.5. The highest BCUT2D eigenvalue weighted by Gasteiger charge is 2.22. The van der Waals surface area contributed by atoms with Crippen molar-refractivity contribution in [2.45, 2.75) is 20.4 Å². The zero-order valence-corrected chi connectivity index (χ0v) is 18.3. The van der Waals surface area contributed by atoms with Crippen molar-refractivity contribution >= 4 is 44.2 Å². The van der Waals surface area contributed by atoms with Gasteiger partial charge in [0.1, 0.15) is 5.75 Å². The molecule has 4 nitrogen and oxygen atoms in total. The third-order valence-corrected chi connectivity index (χ3v) is 5.95. The Morgan fingerprint density at radius 1 is 1.10 bits per heavy atom. The van der Waals surface area contributed by atoms with Crippen molar-refractivity contribution in [1.29, 1.82) is 0 Å². The van der Waals surface area contributed by atoms with Crippen LogP contribution in [0.5, 0.6) is 5.75 Å². The summed E-state index contributed by atoms with van der Waals surface area (Å²) < 4.78 is 6.46. The molecule has 0 spiro atoms. The first-order valence-corrected chi connectivity index (χ1v) is 10.9. The number of rotatable bonds is 6. The summed E-state index contributed by atoms with van der Waals surface area (Å²) >= 11 is 7.70. The molecule has 30 heavy (non-hydrogen) atoms. The van der Waals surface area contributed by atoms with Crippen molar-refractivity contribution in [3.8, 4) is 5.75 Å². The summed E-state index contributed by atoms with van der Waals surface area (Å²) in [5.41, 5.74) is 3.49. The number of aryl methyl sites for hydroxylation is 1. The summed E-state index contributed by atoms with van der Waals surface area (Å²) in [4.78, 5) is 20.0. The molecule has 0 atom stereocenters. The van der Waals surface area contributed by atoms with Gasteiger partial charge >= 0.3 is 0 Å². The van der Waals surface area contributed by atoms with Crippen LogP contribution in [0, 0.1) is 6.92 Å². The fourth-order valence-corrected chi connectivity index (χ4v) is 4.68. The van der Waals surface area contributed by atoms with Crippen LogP contribution in [0.2, 0.25) is 5.02 Å². The lowest BCUT2D eigenvalue weighted by Crippen LogP contribution is -2.30. The number of anilines is 1. The van der Waals surface area contributed by atoms with E-state index in [1.807, 2.05) is 68.4 Å². The minimum atomic E-state index is -0.107. The molecule has 0 saturated carbocycles. The Labute approximate surface area is 184 Å². The molecule has 0 unspecified atom stereocenters. The van der Waals surface area contributed by atoms with Gasteiger partial charge in [-0.05, 0) is 61.4 Å². The smallest absolute Gasteiger partial charge is 0.260 e. The quantitative estimate of drug-likeness (QED) is 0.346. The molecule has 3 aromatic carbocycles. The third-order valence-electron chi connectivity index (χ3n) is 4.71. The Kier molecular flexibility index (Phi) is 6.02. The van der Waals surface area contributed by atoms with E-state index in [0.29, 0.717) is 28.9 Å². The van der Waals surface area contributed by atoms with Crippen LogP contribution in [0.15, 0.2) is 66.7 Å². The SMILES string of the molecule is CCOc1ccc(C(=O)N(Cc2ccccc2)c2nc3c(C)cc(Cl)cc3s2)cc1. The average Bonchev–Trinajstić information content (AvgIpc) is 3.17. The monoisotopic (exact) mass is 436 g/mol. The predicted molar refractivity (Wildman–Crippen MR) is 124 cm³/mol. The second kappa shape index (κ2) is 8.86. The number of thiazole rings is 1. The van der Waals surface area contributed by atoms with Crippen molar-refractivity contribution in [2.75, 3.05) is 11.5 Å². The topological polar surface area (TPSA) is 42.4 Å². The first-order valence-electron chi connectivity index (χ1n) is 9.70. The van der Waals surface area contributed by atoms with Crippen molar-refractivity contribution < 1.29 is 9.53 Å². The van der Waals surface area contributed by atoms with E-state index >= 15 is 0 Å². The van der Waals surface area contributed by atoms with E-state index in [1.54, 1.807) is 17.0 Å². The number of hydrogen-bond acceptors (Lipinski definition) is 4. The number of amides is 1. The normalized spacial score (nSPS) is 10.9. The van der Waals surface area contributed by atoms with Gasteiger partial charge in [0, 0.05) is 10.6 Å². The Morgan fingerprint density at radius 3 is 2.53 bits per heavy atom. The number of fused-ring (bicyclic) bond motifs is 1. The maximum atomic E-state index is 13.5. The summed E-state index contributed by atoms with van der Waals surface area (Å²) in [6, 6.07) is 20.9. The van der Waals surface area contributed by atoms with Crippen molar-refractivity contribution in [1.82, 2.24) is 4.98 Å². The van der Waals surface area contributed by atoms with E-state index in [9.17, 15) is 4.79 Å². The summed E-state index contributed by atoms with van der Waals surface area (Å²) in [5.74, 6) is 0.638. The highest BCUT2D eigenvalue weighted by Crippen LogP contribution is 2.34. The van der Waals surface area contributed by atoms with Crippen LogP contribution in [0.3, 0.4) is 0 Å². The number of benzene rings is 3. The number of nitrogens with zero attached hydrogens (tertiary/aromatic N) is 2. The molecule has 0 N–H and O–H groups in total. The molecule has 6 heteroatoms. The van der Waals surface area contributed by atoms with Crippen LogP contribution in [0.1, 0.15) is 28.4 Å². The van der Waals surface area contributed by atoms with Crippen LogP contribution < -0.4 is 9.64 Å². The fraction of sp³-hybridized carbons (Fsp3) is 0.167. The second-order valence-corrected chi connectivity index (χ2v) is 8.35. The van der Waals surface area contributed by atoms with Gasteiger partial charge < -0.3 is 4.74 Å². The molecule has 152 valence electrons. The molecule has 0 saturated heterocycles. The van der Waals surface area contributed by atoms with E-state index in [0.717, 1.165) is 27.1 Å². The molecule has 0 fully saturated rings. The van der Waals surface area contributed by atoms with Crippen LogP contribution >= 0.6 is 22.9 Å². The maximum absolute atomic E-state index is 13.5. The van der Waals surface area contributed by atoms with Gasteiger partial charge in [-0.1, -0.05) is 53.3 Å². The molecule has 4 aromatic rings. The Balaban J connectivity index is 1.74. The summed E-state index contributed by atoms with van der Waals surface area (Å²) in [7, 11) is 0. The lowest BCUT2D eigenvalue weighted by Gasteiger charge is -2.20. The van der Waals surface area contributed by atoms with Crippen LogP contribution in [0.4, 0.5) is 5.13 Å². The van der Waals surface area contributed by atoms with Gasteiger partial charge in [-0.15, -0.1) is 0 Å². The molecule has 0 aliphatic carbocycles. The highest BCUT2D eigenvalue weighted by molar-refractivity contribution is 7.22. The van der Waals surface area contributed by atoms with Gasteiger partial charge in [0.15, 0.2) is 5.13 Å². The molecule has 1 aromatic heterocycles. The van der Waals surface area contributed by atoms with E-state index < -0.39 is 0 Å². The average molecular weight is 437 g/mol. The van der Waals surface area contributed by atoms with Gasteiger partial charge in [-0.25, -0.2) is 4.98 Å². The Hall–Kier alpha value is -2.89. The van der Waals surface area contributed by atoms with Crippen LogP contribution in [-0.4, -0.2) is 17.5 Å². The van der Waals surface area contributed by atoms with E-state index in [-0.39, 0.29) is 5.91 Å². The molecule has 1 amide bonds. The van der Waals surface area contributed by atoms with Gasteiger partial charge in [-0.2, -0.15) is 0 Å². The number of carbonyl (C=O) groups excluding carboxylic acids is 1. The zero-order chi connectivity index (χ0) is 21.1. The Bertz CT molecular complexity index is 1170. The number of halogens is 1. The van der Waals surface area contributed by atoms with Crippen molar-refractivity contribution in [3.63, 3.8) is 0 Å². The second-order valence-electron chi connectivity index (χ2n) is 6.90. The molecule has 1 heterocycles. The third kappa shape index (κ3) is 4.32. The van der Waals surface area contributed by atoms with Gasteiger partial charge in [0.05, 0.1) is 23.4 Å². The highest BCUT2D eigenvalue weighted by atomic mass is 35.5. The molecule has 4 rings (SSSR count). The van der Waals surface area contributed by atoms with Crippen LogP contribution in [-0.2, 0) is 6.54 Å². The van der Waals surface area contributed by atoms with Gasteiger partial charge in [-0.3, -0.25) is 9.69 Å². The van der Waals surface area contributed by atoms with Gasteiger partial charge in [0.2, 0.25) is 0 Å². The van der Waals surface area contributed by atoms with Gasteiger partial charge in [0.25, 0.3) is 5.91 Å². The summed E-state index contributed by atoms with van der Waals surface area (Å²) in [6.45, 7) is 4.93. The number of carbonyl (C=O) groups is 1. The van der Waals surface area contributed by atoms with E-state index in [2.05, 4.69) is 0 Å². The lowest BCUT2D eigenvalue weighted by atomic mass is 10.1.